The average molecular weight is 592 g/mol. The van der Waals surface area contributed by atoms with Crippen LogP contribution in [-0.2, 0) is 0 Å². The molecule has 0 aliphatic rings. The number of hydrogen-bond donors (Lipinski definition) is 0. The summed E-state index contributed by atoms with van der Waals surface area (Å²) in [5.41, 5.74) is 0. The molecular formula is C41H85N. The number of hydrogen-bond acceptors (Lipinski definition) is 1. The molecule has 0 radical (unpaired) electrons. The number of unbranched alkanes of at least 4 members (excludes halogenated alkanes) is 27. The fourth-order valence-electron chi connectivity index (χ4n) is 6.95. The van der Waals surface area contributed by atoms with Gasteiger partial charge in [0.2, 0.25) is 0 Å². The predicted molar refractivity (Wildman–Crippen MR) is 195 cm³/mol. The third kappa shape index (κ3) is 31.4. The lowest BCUT2D eigenvalue weighted by atomic mass is 9.99. The first-order chi connectivity index (χ1) is 20.7. The molecule has 0 heterocycles. The van der Waals surface area contributed by atoms with Gasteiger partial charge >= 0.3 is 0 Å². The molecule has 42 heavy (non-hydrogen) atoms. The maximum Gasteiger partial charge on any atom is 0.00670 e. The molecular weight excluding hydrogens is 506 g/mol. The van der Waals surface area contributed by atoms with Crippen LogP contribution in [0, 0.1) is 5.92 Å². The molecule has 1 nitrogen and oxygen atoms in total. The molecule has 0 amide bonds. The van der Waals surface area contributed by atoms with Crippen molar-refractivity contribution >= 4 is 0 Å². The molecule has 0 spiro atoms. The van der Waals surface area contributed by atoms with Crippen molar-refractivity contribution in [1.82, 2.24) is 4.90 Å². The lowest BCUT2D eigenvalue weighted by Gasteiger charge is -2.31. The first kappa shape index (κ1) is 42.0. The molecule has 2 unspecified atom stereocenters. The summed E-state index contributed by atoms with van der Waals surface area (Å²) in [6.07, 6.45) is 46.6. The SMILES string of the molecule is CCCCCCCCCCCCCCCCCCC(C)CN(CCC)C(C)CCCCCCCCCCCCCCC. The van der Waals surface area contributed by atoms with Crippen molar-refractivity contribution in [3.05, 3.63) is 0 Å². The Labute approximate surface area is 269 Å². The van der Waals surface area contributed by atoms with E-state index in [1.54, 1.807) is 0 Å². The summed E-state index contributed by atoms with van der Waals surface area (Å²) in [7, 11) is 0. The second-order valence-electron chi connectivity index (χ2n) is 14.6. The van der Waals surface area contributed by atoms with Gasteiger partial charge in [0.05, 0.1) is 0 Å². The van der Waals surface area contributed by atoms with E-state index in [9.17, 15) is 0 Å². The molecule has 0 aromatic heterocycles. The van der Waals surface area contributed by atoms with Crippen LogP contribution >= 0.6 is 0 Å². The molecule has 2 atom stereocenters. The molecule has 0 aromatic rings. The number of nitrogens with zero attached hydrogens (tertiary/aromatic N) is 1. The van der Waals surface area contributed by atoms with Crippen LogP contribution in [0.25, 0.3) is 0 Å². The Bertz CT molecular complexity index is 473. The van der Waals surface area contributed by atoms with Gasteiger partial charge in [-0.3, -0.25) is 0 Å². The smallest absolute Gasteiger partial charge is 0.00670 e. The predicted octanol–water partition coefficient (Wildman–Crippen LogP) is 14.9. The Morgan fingerprint density at radius 2 is 0.619 bits per heavy atom. The van der Waals surface area contributed by atoms with Crippen LogP contribution in [0.2, 0.25) is 0 Å². The normalized spacial score (nSPS) is 13.3. The Kier molecular flexibility index (Phi) is 35.4. The van der Waals surface area contributed by atoms with E-state index in [1.165, 1.54) is 219 Å². The van der Waals surface area contributed by atoms with Crippen molar-refractivity contribution in [2.75, 3.05) is 13.1 Å². The minimum atomic E-state index is 0.769. The highest BCUT2D eigenvalue weighted by Crippen LogP contribution is 2.19. The molecule has 0 fully saturated rings. The van der Waals surface area contributed by atoms with Crippen molar-refractivity contribution in [3.8, 4) is 0 Å². The lowest BCUT2D eigenvalue weighted by molar-refractivity contribution is 0.166. The fraction of sp³-hybridized carbons (Fsp3) is 1.00. The van der Waals surface area contributed by atoms with Crippen molar-refractivity contribution in [2.24, 2.45) is 5.92 Å². The first-order valence-electron chi connectivity index (χ1n) is 20.4. The maximum absolute atomic E-state index is 2.83. The van der Waals surface area contributed by atoms with Gasteiger partial charge in [0.15, 0.2) is 0 Å². The van der Waals surface area contributed by atoms with Crippen LogP contribution in [0.3, 0.4) is 0 Å². The summed E-state index contributed by atoms with van der Waals surface area (Å²) in [5.74, 6) is 0.859. The highest BCUT2D eigenvalue weighted by molar-refractivity contribution is 4.70. The van der Waals surface area contributed by atoms with Crippen LogP contribution in [0.4, 0.5) is 0 Å². The van der Waals surface area contributed by atoms with E-state index in [0.29, 0.717) is 0 Å². The van der Waals surface area contributed by atoms with E-state index in [1.807, 2.05) is 0 Å². The molecule has 0 saturated carbocycles. The van der Waals surface area contributed by atoms with E-state index in [0.717, 1.165) is 12.0 Å². The third-order valence-corrected chi connectivity index (χ3v) is 9.96. The summed E-state index contributed by atoms with van der Waals surface area (Å²) < 4.78 is 0. The maximum atomic E-state index is 2.83. The lowest BCUT2D eigenvalue weighted by Crippen LogP contribution is -2.37. The Balaban J connectivity index is 3.61. The van der Waals surface area contributed by atoms with Crippen molar-refractivity contribution < 1.29 is 0 Å². The summed E-state index contributed by atoms with van der Waals surface area (Å²) in [6.45, 7) is 14.6. The fourth-order valence-corrected chi connectivity index (χ4v) is 6.95. The quantitative estimate of drug-likeness (QED) is 0.0655. The van der Waals surface area contributed by atoms with Crippen molar-refractivity contribution in [3.63, 3.8) is 0 Å². The minimum Gasteiger partial charge on any atom is -0.300 e. The monoisotopic (exact) mass is 592 g/mol. The zero-order chi connectivity index (χ0) is 30.8. The van der Waals surface area contributed by atoms with Crippen LogP contribution < -0.4 is 0 Å². The van der Waals surface area contributed by atoms with Crippen LogP contribution in [0.1, 0.15) is 240 Å². The molecule has 0 bridgehead atoms. The van der Waals surface area contributed by atoms with Crippen molar-refractivity contribution in [1.29, 1.82) is 0 Å². The van der Waals surface area contributed by atoms with E-state index >= 15 is 0 Å². The second kappa shape index (κ2) is 35.4. The van der Waals surface area contributed by atoms with E-state index in [2.05, 4.69) is 39.5 Å². The van der Waals surface area contributed by atoms with Gasteiger partial charge in [-0.1, -0.05) is 214 Å². The van der Waals surface area contributed by atoms with Crippen LogP contribution in [0.15, 0.2) is 0 Å². The Morgan fingerprint density at radius 3 is 0.929 bits per heavy atom. The van der Waals surface area contributed by atoms with Crippen LogP contribution in [0.5, 0.6) is 0 Å². The van der Waals surface area contributed by atoms with Gasteiger partial charge in [-0.15, -0.1) is 0 Å². The molecule has 1 heteroatoms. The summed E-state index contributed by atoms with van der Waals surface area (Å²) in [5, 5.41) is 0. The Hall–Kier alpha value is -0.0400. The third-order valence-electron chi connectivity index (χ3n) is 9.96. The topological polar surface area (TPSA) is 3.24 Å². The first-order valence-corrected chi connectivity index (χ1v) is 20.4. The number of rotatable bonds is 36. The van der Waals surface area contributed by atoms with Crippen molar-refractivity contribution in [2.45, 2.75) is 246 Å². The second-order valence-corrected chi connectivity index (χ2v) is 14.6. The van der Waals surface area contributed by atoms with Gasteiger partial charge in [-0.05, 0) is 38.6 Å². The van der Waals surface area contributed by atoms with Gasteiger partial charge < -0.3 is 4.90 Å². The zero-order valence-electron chi connectivity index (χ0n) is 30.6. The Morgan fingerprint density at radius 1 is 0.333 bits per heavy atom. The summed E-state index contributed by atoms with van der Waals surface area (Å²) >= 11 is 0. The molecule has 0 N–H and O–H groups in total. The van der Waals surface area contributed by atoms with Gasteiger partial charge in [0, 0.05) is 12.6 Å². The molecule has 0 aliphatic carbocycles. The zero-order valence-corrected chi connectivity index (χ0v) is 30.6. The highest BCUT2D eigenvalue weighted by atomic mass is 15.1. The minimum absolute atomic E-state index is 0.769. The summed E-state index contributed by atoms with van der Waals surface area (Å²) in [4.78, 5) is 2.83. The highest BCUT2D eigenvalue weighted by Gasteiger charge is 2.15. The molecule has 0 aromatic carbocycles. The molecule has 0 saturated heterocycles. The summed E-state index contributed by atoms with van der Waals surface area (Å²) in [6, 6.07) is 0.769. The average Bonchev–Trinajstić information content (AvgIpc) is 2.99. The van der Waals surface area contributed by atoms with Gasteiger partial charge in [0.1, 0.15) is 0 Å². The largest absolute Gasteiger partial charge is 0.300 e. The van der Waals surface area contributed by atoms with Gasteiger partial charge in [0.25, 0.3) is 0 Å². The van der Waals surface area contributed by atoms with E-state index in [-0.39, 0.29) is 0 Å². The van der Waals surface area contributed by atoms with E-state index < -0.39 is 0 Å². The molecule has 0 rings (SSSR count). The van der Waals surface area contributed by atoms with Crippen LogP contribution in [-0.4, -0.2) is 24.0 Å². The molecule has 0 aliphatic heterocycles. The standard InChI is InChI=1S/C41H85N/c1-6-9-11-13-15-17-19-21-22-23-25-26-28-30-32-34-36-40(4)39-42(38-8-3)41(5)37-35-33-31-29-27-24-20-18-16-14-12-10-7-2/h40-41H,6-39H2,1-5H3. The van der Waals surface area contributed by atoms with E-state index in [4.69, 9.17) is 0 Å². The molecule has 254 valence electrons. The van der Waals surface area contributed by atoms with Gasteiger partial charge in [-0.25, -0.2) is 0 Å². The van der Waals surface area contributed by atoms with Gasteiger partial charge in [-0.2, -0.15) is 0 Å².